The topological polar surface area (TPSA) is 85.9 Å². The summed E-state index contributed by atoms with van der Waals surface area (Å²) in [6.07, 6.45) is 0. The molecule has 0 saturated carbocycles. The van der Waals surface area contributed by atoms with Crippen molar-refractivity contribution >= 4 is 17.5 Å². The number of methoxy groups -OCH3 is 2. The van der Waals surface area contributed by atoms with Gasteiger partial charge >= 0.3 is 0 Å². The SMILES string of the molecule is COc1ccc(NC(=O)C2COCC(=O)N2)c(OC)c1. The minimum atomic E-state index is -0.706. The van der Waals surface area contributed by atoms with Gasteiger partial charge in [0, 0.05) is 6.07 Å². The Kier molecular flexibility index (Phi) is 4.41. The van der Waals surface area contributed by atoms with Crippen LogP contribution in [0.1, 0.15) is 0 Å². The molecule has 2 rings (SSSR count). The molecule has 1 unspecified atom stereocenters. The molecule has 0 aromatic heterocycles. The highest BCUT2D eigenvalue weighted by Gasteiger charge is 2.26. The molecule has 7 heteroatoms. The molecule has 0 bridgehead atoms. The zero-order valence-corrected chi connectivity index (χ0v) is 11.3. The smallest absolute Gasteiger partial charge is 0.249 e. The van der Waals surface area contributed by atoms with E-state index in [0.29, 0.717) is 17.2 Å². The largest absolute Gasteiger partial charge is 0.497 e. The van der Waals surface area contributed by atoms with Crippen LogP contribution in [0.4, 0.5) is 5.69 Å². The fourth-order valence-corrected chi connectivity index (χ4v) is 1.81. The lowest BCUT2D eigenvalue weighted by atomic mass is 10.2. The van der Waals surface area contributed by atoms with Crippen LogP contribution >= 0.6 is 0 Å². The zero-order chi connectivity index (χ0) is 14.5. The zero-order valence-electron chi connectivity index (χ0n) is 11.3. The van der Waals surface area contributed by atoms with Crippen LogP contribution in [0, 0.1) is 0 Å². The van der Waals surface area contributed by atoms with E-state index in [4.69, 9.17) is 14.2 Å². The van der Waals surface area contributed by atoms with E-state index < -0.39 is 6.04 Å². The molecule has 0 aliphatic carbocycles. The summed E-state index contributed by atoms with van der Waals surface area (Å²) in [6, 6.07) is 4.32. The second kappa shape index (κ2) is 6.25. The molecule has 2 amide bonds. The first-order chi connectivity index (χ1) is 9.63. The van der Waals surface area contributed by atoms with Gasteiger partial charge in [0.15, 0.2) is 0 Å². The third kappa shape index (κ3) is 3.18. The molecule has 0 spiro atoms. The lowest BCUT2D eigenvalue weighted by Gasteiger charge is -2.23. The van der Waals surface area contributed by atoms with Crippen molar-refractivity contribution < 1.29 is 23.8 Å². The standard InChI is InChI=1S/C13H16N2O5/c1-18-8-3-4-9(11(5-8)19-2)15-13(17)10-6-20-7-12(16)14-10/h3-5,10H,6-7H2,1-2H3,(H,14,16)(H,15,17). The second-order valence-electron chi connectivity index (χ2n) is 4.19. The maximum Gasteiger partial charge on any atom is 0.249 e. The summed E-state index contributed by atoms with van der Waals surface area (Å²) in [5.74, 6) is 0.425. The van der Waals surface area contributed by atoms with E-state index in [9.17, 15) is 9.59 Å². The Bertz CT molecular complexity index is 517. The summed E-state index contributed by atoms with van der Waals surface area (Å²) in [4.78, 5) is 23.2. The number of nitrogens with one attached hydrogen (secondary N) is 2. The van der Waals surface area contributed by atoms with Gasteiger partial charge in [-0.3, -0.25) is 9.59 Å². The Morgan fingerprint density at radius 1 is 1.40 bits per heavy atom. The first-order valence-corrected chi connectivity index (χ1v) is 6.04. The average Bonchev–Trinajstić information content (AvgIpc) is 2.47. The quantitative estimate of drug-likeness (QED) is 0.820. The lowest BCUT2D eigenvalue weighted by Crippen LogP contribution is -2.51. The van der Waals surface area contributed by atoms with Gasteiger partial charge in [0.2, 0.25) is 11.8 Å². The molecule has 0 radical (unpaired) electrons. The van der Waals surface area contributed by atoms with Crippen LogP contribution in [0.3, 0.4) is 0 Å². The summed E-state index contributed by atoms with van der Waals surface area (Å²) in [7, 11) is 3.04. The van der Waals surface area contributed by atoms with Crippen molar-refractivity contribution in [3.8, 4) is 11.5 Å². The summed E-state index contributed by atoms with van der Waals surface area (Å²) in [5, 5.41) is 5.24. The number of ether oxygens (including phenoxy) is 3. The monoisotopic (exact) mass is 280 g/mol. The Labute approximate surface area is 116 Å². The maximum atomic E-state index is 12.0. The van der Waals surface area contributed by atoms with Crippen LogP contribution in [-0.2, 0) is 14.3 Å². The predicted octanol–water partition coefficient (Wildman–Crippen LogP) is 0.157. The minimum absolute atomic E-state index is 0.0182. The Morgan fingerprint density at radius 3 is 2.85 bits per heavy atom. The van der Waals surface area contributed by atoms with Crippen LogP contribution in [0.5, 0.6) is 11.5 Å². The molecule has 20 heavy (non-hydrogen) atoms. The van der Waals surface area contributed by atoms with Crippen LogP contribution in [0.15, 0.2) is 18.2 Å². The van der Waals surface area contributed by atoms with E-state index in [1.165, 1.54) is 7.11 Å². The van der Waals surface area contributed by atoms with Crippen LogP contribution in [-0.4, -0.2) is 45.3 Å². The third-order valence-corrected chi connectivity index (χ3v) is 2.84. The van der Waals surface area contributed by atoms with Crippen molar-refractivity contribution in [1.29, 1.82) is 0 Å². The van der Waals surface area contributed by atoms with Gasteiger partial charge in [-0.15, -0.1) is 0 Å². The molecule has 1 heterocycles. The predicted molar refractivity (Wildman–Crippen MR) is 70.9 cm³/mol. The number of benzene rings is 1. The molecule has 108 valence electrons. The number of anilines is 1. The number of morpholine rings is 1. The molecule has 1 saturated heterocycles. The van der Waals surface area contributed by atoms with E-state index >= 15 is 0 Å². The molecule has 1 fully saturated rings. The Hall–Kier alpha value is -2.28. The van der Waals surface area contributed by atoms with E-state index in [0.717, 1.165) is 0 Å². The first kappa shape index (κ1) is 14.1. The fraction of sp³-hybridized carbons (Fsp3) is 0.385. The Balaban J connectivity index is 2.09. The summed E-state index contributed by atoms with van der Waals surface area (Å²) in [5.41, 5.74) is 0.498. The number of hydrogen-bond acceptors (Lipinski definition) is 5. The average molecular weight is 280 g/mol. The molecule has 1 atom stereocenters. The Morgan fingerprint density at radius 2 is 2.20 bits per heavy atom. The van der Waals surface area contributed by atoms with Crippen LogP contribution in [0.25, 0.3) is 0 Å². The van der Waals surface area contributed by atoms with Gasteiger partial charge in [0.05, 0.1) is 26.5 Å². The highest BCUT2D eigenvalue weighted by atomic mass is 16.5. The van der Waals surface area contributed by atoms with Crippen molar-refractivity contribution in [2.45, 2.75) is 6.04 Å². The number of amides is 2. The van der Waals surface area contributed by atoms with Crippen molar-refractivity contribution in [2.75, 3.05) is 32.8 Å². The summed E-state index contributed by atoms with van der Waals surface area (Å²) < 4.78 is 15.3. The van der Waals surface area contributed by atoms with E-state index in [1.54, 1.807) is 25.3 Å². The molecule has 1 aromatic rings. The number of hydrogen-bond donors (Lipinski definition) is 2. The van der Waals surface area contributed by atoms with Crippen LogP contribution in [0.2, 0.25) is 0 Å². The number of carbonyl (C=O) groups excluding carboxylic acids is 2. The molecule has 1 aliphatic rings. The normalized spacial score (nSPS) is 18.1. The van der Waals surface area contributed by atoms with Crippen molar-refractivity contribution in [3.05, 3.63) is 18.2 Å². The van der Waals surface area contributed by atoms with Gasteiger partial charge in [0.1, 0.15) is 24.1 Å². The van der Waals surface area contributed by atoms with Crippen molar-refractivity contribution in [1.82, 2.24) is 5.32 Å². The van der Waals surface area contributed by atoms with Gasteiger partial charge in [0.25, 0.3) is 0 Å². The fourth-order valence-electron chi connectivity index (χ4n) is 1.81. The summed E-state index contributed by atoms with van der Waals surface area (Å²) in [6.45, 7) is 0.131. The second-order valence-corrected chi connectivity index (χ2v) is 4.19. The molecule has 1 aliphatic heterocycles. The van der Waals surface area contributed by atoms with Crippen molar-refractivity contribution in [3.63, 3.8) is 0 Å². The number of rotatable bonds is 4. The van der Waals surface area contributed by atoms with Crippen molar-refractivity contribution in [2.24, 2.45) is 0 Å². The van der Waals surface area contributed by atoms with E-state index in [-0.39, 0.29) is 25.0 Å². The summed E-state index contributed by atoms with van der Waals surface area (Å²) >= 11 is 0. The molecular weight excluding hydrogens is 264 g/mol. The maximum absolute atomic E-state index is 12.0. The first-order valence-electron chi connectivity index (χ1n) is 6.04. The van der Waals surface area contributed by atoms with Gasteiger partial charge in [-0.25, -0.2) is 0 Å². The number of carbonyl (C=O) groups is 2. The van der Waals surface area contributed by atoms with Crippen LogP contribution < -0.4 is 20.1 Å². The highest BCUT2D eigenvalue weighted by molar-refractivity contribution is 5.98. The molecule has 7 nitrogen and oxygen atoms in total. The highest BCUT2D eigenvalue weighted by Crippen LogP contribution is 2.29. The molecule has 2 N–H and O–H groups in total. The van der Waals surface area contributed by atoms with Gasteiger partial charge in [-0.2, -0.15) is 0 Å². The van der Waals surface area contributed by atoms with E-state index in [2.05, 4.69) is 10.6 Å². The van der Waals surface area contributed by atoms with Gasteiger partial charge in [-0.05, 0) is 12.1 Å². The third-order valence-electron chi connectivity index (χ3n) is 2.84. The van der Waals surface area contributed by atoms with Gasteiger partial charge in [-0.1, -0.05) is 0 Å². The molecule has 1 aromatic carbocycles. The van der Waals surface area contributed by atoms with Gasteiger partial charge < -0.3 is 24.8 Å². The lowest BCUT2D eigenvalue weighted by molar-refractivity contribution is -0.136. The minimum Gasteiger partial charge on any atom is -0.497 e. The molecular formula is C13H16N2O5. The van der Waals surface area contributed by atoms with E-state index in [1.807, 2.05) is 0 Å².